The van der Waals surface area contributed by atoms with Gasteiger partial charge in [-0.15, -0.1) is 0 Å². The van der Waals surface area contributed by atoms with Gasteiger partial charge >= 0.3 is 11.9 Å². The monoisotopic (exact) mass is 550 g/mol. The average molecular weight is 551 g/mol. The van der Waals surface area contributed by atoms with Gasteiger partial charge in [-0.05, 0) is 18.8 Å². The van der Waals surface area contributed by atoms with E-state index < -0.39 is 53.6 Å². The predicted molar refractivity (Wildman–Crippen MR) is 142 cm³/mol. The van der Waals surface area contributed by atoms with Crippen molar-refractivity contribution in [2.75, 3.05) is 24.3 Å². The lowest BCUT2D eigenvalue weighted by molar-refractivity contribution is -0.155. The third-order valence-electron chi connectivity index (χ3n) is 6.85. The number of aromatic nitrogens is 4. The van der Waals surface area contributed by atoms with E-state index in [0.29, 0.717) is 11.3 Å². The minimum absolute atomic E-state index is 0.00219. The summed E-state index contributed by atoms with van der Waals surface area (Å²) in [6, 6.07) is 0. The molecule has 0 aliphatic carbocycles. The third-order valence-corrected chi connectivity index (χ3v) is 6.85. The molecule has 1 saturated heterocycles. The lowest BCUT2D eigenvalue weighted by atomic mass is 9.73. The second kappa shape index (κ2) is 11.8. The van der Waals surface area contributed by atoms with Crippen LogP contribution in [0.4, 0.5) is 16.2 Å². The van der Waals surface area contributed by atoms with Gasteiger partial charge in [-0.1, -0.05) is 41.5 Å². The van der Waals surface area contributed by atoms with Crippen molar-refractivity contribution in [3.8, 4) is 0 Å². The molecule has 0 aromatic carbocycles. The van der Waals surface area contributed by atoms with E-state index in [2.05, 4.69) is 25.6 Å². The highest BCUT2D eigenvalue weighted by Crippen LogP contribution is 2.51. The maximum atomic E-state index is 16.9. The molecule has 5 atom stereocenters. The van der Waals surface area contributed by atoms with E-state index in [9.17, 15) is 19.5 Å². The molecule has 0 radical (unpaired) electrons. The van der Waals surface area contributed by atoms with Crippen LogP contribution in [0.5, 0.6) is 0 Å². The number of halogens is 1. The molecule has 0 saturated carbocycles. The Balaban J connectivity index is 2.08. The molecule has 1 aliphatic heterocycles. The third kappa shape index (κ3) is 6.29. The fourth-order valence-corrected chi connectivity index (χ4v) is 5.02. The minimum Gasteiger partial charge on any atom is -0.481 e. The fraction of sp³-hybridized carbons (Fsp3) is 0.692. The van der Waals surface area contributed by atoms with Crippen LogP contribution in [0.2, 0.25) is 0 Å². The second-order valence-electron chi connectivity index (χ2n) is 11.2. The van der Waals surface area contributed by atoms with E-state index in [0.717, 1.165) is 0 Å². The van der Waals surface area contributed by atoms with Crippen LogP contribution in [0, 0.1) is 29.6 Å². The predicted octanol–water partition coefficient (Wildman–Crippen LogP) is 3.65. The zero-order chi connectivity index (χ0) is 29.2. The number of rotatable bonds is 11. The molecule has 1 aliphatic rings. The first-order valence-corrected chi connectivity index (χ1v) is 13.1. The van der Waals surface area contributed by atoms with E-state index >= 15 is 4.39 Å². The highest BCUT2D eigenvalue weighted by atomic mass is 19.1. The minimum atomic E-state index is -2.23. The number of alkyl halides is 1. The molecular formula is C26H39FN6O6. The Morgan fingerprint density at radius 1 is 1.21 bits per heavy atom. The Kier molecular flexibility index (Phi) is 9.14. The van der Waals surface area contributed by atoms with Crippen LogP contribution in [0.25, 0.3) is 11.2 Å². The van der Waals surface area contributed by atoms with Crippen molar-refractivity contribution in [2.24, 2.45) is 29.6 Å². The number of carboxylic acid groups (broad SMARTS) is 1. The molecule has 2 aromatic heterocycles. The molecule has 3 heterocycles. The van der Waals surface area contributed by atoms with Gasteiger partial charge in [-0.2, -0.15) is 9.97 Å². The zero-order valence-corrected chi connectivity index (χ0v) is 23.7. The Morgan fingerprint density at radius 2 is 1.87 bits per heavy atom. The van der Waals surface area contributed by atoms with Crippen LogP contribution >= 0.6 is 0 Å². The largest absolute Gasteiger partial charge is 0.481 e. The van der Waals surface area contributed by atoms with Gasteiger partial charge < -0.3 is 19.9 Å². The van der Waals surface area contributed by atoms with Gasteiger partial charge in [0.2, 0.25) is 11.9 Å². The van der Waals surface area contributed by atoms with E-state index in [4.69, 9.17) is 9.47 Å². The second-order valence-corrected chi connectivity index (χ2v) is 11.2. The first-order chi connectivity index (χ1) is 18.2. The fourth-order valence-electron chi connectivity index (χ4n) is 5.02. The van der Waals surface area contributed by atoms with Crippen molar-refractivity contribution in [1.29, 1.82) is 0 Å². The Bertz CT molecular complexity index is 1210. The summed E-state index contributed by atoms with van der Waals surface area (Å²) in [7, 11) is 1.63. The molecule has 2 aromatic rings. The molecule has 0 spiro atoms. The Morgan fingerprint density at radius 3 is 2.41 bits per heavy atom. The summed E-state index contributed by atoms with van der Waals surface area (Å²) < 4.78 is 29.7. The number of hydrogen-bond donors (Lipinski definition) is 3. The van der Waals surface area contributed by atoms with Gasteiger partial charge in [-0.25, -0.2) is 9.37 Å². The quantitative estimate of drug-likeness (QED) is 0.353. The topological polar surface area (TPSA) is 158 Å². The molecule has 1 fully saturated rings. The van der Waals surface area contributed by atoms with Crippen LogP contribution < -0.4 is 10.6 Å². The summed E-state index contributed by atoms with van der Waals surface area (Å²) in [6.45, 7) is 11.5. The lowest BCUT2D eigenvalue weighted by Gasteiger charge is -2.33. The smallest absolute Gasteiger partial charge is 0.308 e. The van der Waals surface area contributed by atoms with Gasteiger partial charge in [0, 0.05) is 19.4 Å². The maximum absolute atomic E-state index is 16.9. The number of carboxylic acids is 1. The number of nitrogens with one attached hydrogen (secondary N) is 2. The number of carbonyl (C=O) groups is 3. The molecule has 3 N–H and O–H groups in total. The highest BCUT2D eigenvalue weighted by molar-refractivity contribution is 5.91. The van der Waals surface area contributed by atoms with Gasteiger partial charge in [0.1, 0.15) is 12.7 Å². The Hall–Kier alpha value is -3.35. The molecule has 39 heavy (non-hydrogen) atoms. The first-order valence-electron chi connectivity index (χ1n) is 13.1. The van der Waals surface area contributed by atoms with Crippen LogP contribution in [0.1, 0.15) is 61.1 Å². The maximum Gasteiger partial charge on any atom is 0.308 e. The normalized spacial score (nSPS) is 23.9. The van der Waals surface area contributed by atoms with Crippen molar-refractivity contribution in [3.05, 3.63) is 6.33 Å². The number of carbonyl (C=O) groups excluding carboxylic acids is 2. The molecule has 1 amide bonds. The summed E-state index contributed by atoms with van der Waals surface area (Å²) in [5.41, 5.74) is -1.75. The lowest BCUT2D eigenvalue weighted by Crippen LogP contribution is -2.45. The van der Waals surface area contributed by atoms with Gasteiger partial charge in [0.05, 0.1) is 18.2 Å². The van der Waals surface area contributed by atoms with Crippen LogP contribution in [0.3, 0.4) is 0 Å². The summed E-state index contributed by atoms with van der Waals surface area (Å²) in [6.07, 6.45) is -0.805. The number of nitrogens with zero attached hydrogens (tertiary/aromatic N) is 4. The average Bonchev–Trinajstić information content (AvgIpc) is 3.34. The Labute approximate surface area is 227 Å². The number of ether oxygens (including phenoxy) is 2. The number of imidazole rings is 1. The van der Waals surface area contributed by atoms with Crippen molar-refractivity contribution in [1.82, 2.24) is 19.5 Å². The summed E-state index contributed by atoms with van der Waals surface area (Å²) in [5.74, 6) is -4.67. The summed E-state index contributed by atoms with van der Waals surface area (Å²) in [4.78, 5) is 50.0. The number of anilines is 2. The van der Waals surface area contributed by atoms with Crippen molar-refractivity contribution in [2.45, 2.75) is 72.9 Å². The van der Waals surface area contributed by atoms with Crippen molar-refractivity contribution < 1.29 is 33.4 Å². The number of aliphatic carboxylic acids is 1. The number of hydrogen-bond acceptors (Lipinski definition) is 9. The molecule has 2 unspecified atom stereocenters. The number of fused-ring (bicyclic) bond motifs is 1. The van der Waals surface area contributed by atoms with Crippen LogP contribution in [-0.4, -0.2) is 67.9 Å². The molecule has 12 nitrogen and oxygen atoms in total. The van der Waals surface area contributed by atoms with Crippen molar-refractivity contribution in [3.63, 3.8) is 0 Å². The number of esters is 1. The van der Waals surface area contributed by atoms with Gasteiger partial charge in [-0.3, -0.25) is 24.3 Å². The van der Waals surface area contributed by atoms with Crippen LogP contribution in [-0.2, 0) is 23.9 Å². The van der Waals surface area contributed by atoms with E-state index in [-0.39, 0.29) is 36.4 Å². The SMILES string of the molecule is CNc1nc(NC(=O)CC(C)C)nc2c1ncn2[C@@H]1OC(COC(=O)C(C)C)[C@@H](C(C(=O)O)C(C)C)[C@@]1(C)F. The standard InChI is InChI=1S/C26H39FN6O6/c1-12(2)9-16(34)30-25-31-20(28-8)19-21(32-25)33(11-29-19)24-26(7,27)18(17(13(3)4)22(35)36)15(39-24)10-38-23(37)14(5)6/h11-15,17-18,24H,9-10H2,1-8H3,(H,35,36)(H2,28,30,31,32,34)/t15?,17?,18-,24+,26+/m0/s1. The molecule has 216 valence electrons. The van der Waals surface area contributed by atoms with E-state index in [1.807, 2.05) is 13.8 Å². The zero-order valence-electron chi connectivity index (χ0n) is 23.7. The van der Waals surface area contributed by atoms with Crippen molar-refractivity contribution >= 4 is 40.8 Å². The summed E-state index contributed by atoms with van der Waals surface area (Å²) >= 11 is 0. The molecular weight excluding hydrogens is 511 g/mol. The van der Waals surface area contributed by atoms with Gasteiger partial charge in [0.15, 0.2) is 28.9 Å². The summed E-state index contributed by atoms with van der Waals surface area (Å²) in [5, 5.41) is 15.6. The van der Waals surface area contributed by atoms with Crippen LogP contribution in [0.15, 0.2) is 6.33 Å². The number of amides is 1. The highest BCUT2D eigenvalue weighted by Gasteiger charge is 2.60. The molecule has 3 rings (SSSR count). The first kappa shape index (κ1) is 30.2. The molecule has 13 heteroatoms. The van der Waals surface area contributed by atoms with E-state index in [1.54, 1.807) is 34.7 Å². The molecule has 0 bridgehead atoms. The van der Waals surface area contributed by atoms with E-state index in [1.165, 1.54) is 17.8 Å². The van der Waals surface area contributed by atoms with Gasteiger partial charge in [0.25, 0.3) is 0 Å².